The Morgan fingerprint density at radius 3 is 2.85 bits per heavy atom. The molecule has 0 radical (unpaired) electrons. The van der Waals surface area contributed by atoms with Gasteiger partial charge in [-0.3, -0.25) is 4.90 Å². The summed E-state index contributed by atoms with van der Waals surface area (Å²) in [5.41, 5.74) is 3.40. The monoisotopic (exact) mass is 369 g/mol. The molecule has 3 heterocycles. The Morgan fingerprint density at radius 1 is 1.23 bits per heavy atom. The van der Waals surface area contributed by atoms with Crippen LogP contribution in [0, 0.1) is 6.92 Å². The zero-order valence-corrected chi connectivity index (χ0v) is 16.1. The van der Waals surface area contributed by atoms with Crippen molar-refractivity contribution < 1.29 is 9.26 Å². The second kappa shape index (κ2) is 7.31. The van der Waals surface area contributed by atoms with Gasteiger partial charge in [0.05, 0.1) is 18.2 Å². The second-order valence-electron chi connectivity index (χ2n) is 6.89. The standard InChI is InChI=1S/C20H23N3O2S/c1-13-6-4-5-7-17(13)19-21-20(25-22-19)15(3)23-10-14(2)24-18(11-23)16-8-9-26-12-16/h4-9,12,14-15,18H,10-11H2,1-3H3/t14-,15-,18-/m0/s1. The quantitative estimate of drug-likeness (QED) is 0.671. The summed E-state index contributed by atoms with van der Waals surface area (Å²) in [6.45, 7) is 7.97. The third-order valence-corrected chi connectivity index (χ3v) is 5.64. The maximum atomic E-state index is 6.14. The molecule has 6 heteroatoms. The van der Waals surface area contributed by atoms with E-state index in [1.807, 2.05) is 18.2 Å². The molecule has 1 aromatic carbocycles. The molecule has 0 N–H and O–H groups in total. The zero-order chi connectivity index (χ0) is 18.1. The summed E-state index contributed by atoms with van der Waals surface area (Å²) in [5.74, 6) is 1.31. The molecule has 0 saturated carbocycles. The lowest BCUT2D eigenvalue weighted by atomic mass is 10.1. The molecule has 26 heavy (non-hydrogen) atoms. The van der Waals surface area contributed by atoms with Crippen molar-refractivity contribution in [3.05, 3.63) is 58.1 Å². The molecule has 136 valence electrons. The van der Waals surface area contributed by atoms with Gasteiger partial charge < -0.3 is 9.26 Å². The Labute approximate surface area is 157 Å². The van der Waals surface area contributed by atoms with E-state index in [4.69, 9.17) is 9.26 Å². The Balaban J connectivity index is 1.54. The number of hydrogen-bond acceptors (Lipinski definition) is 6. The maximum absolute atomic E-state index is 6.14. The molecule has 3 aromatic rings. The lowest BCUT2D eigenvalue weighted by molar-refractivity contribution is -0.0920. The minimum atomic E-state index is 0.0488. The number of ether oxygens (including phenoxy) is 1. The number of aromatic nitrogens is 2. The van der Waals surface area contributed by atoms with Gasteiger partial charge in [0, 0.05) is 18.7 Å². The number of hydrogen-bond donors (Lipinski definition) is 0. The number of benzene rings is 1. The molecule has 1 saturated heterocycles. The summed E-state index contributed by atoms with van der Waals surface area (Å²) in [6, 6.07) is 10.3. The lowest BCUT2D eigenvalue weighted by Gasteiger charge is -2.38. The largest absolute Gasteiger partial charge is 0.368 e. The smallest absolute Gasteiger partial charge is 0.244 e. The van der Waals surface area contributed by atoms with E-state index in [0.29, 0.717) is 11.7 Å². The molecule has 3 atom stereocenters. The molecular formula is C20H23N3O2S. The van der Waals surface area contributed by atoms with Crippen LogP contribution in [0.1, 0.15) is 43.0 Å². The van der Waals surface area contributed by atoms with E-state index < -0.39 is 0 Å². The van der Waals surface area contributed by atoms with Crippen LogP contribution in [0.25, 0.3) is 11.4 Å². The topological polar surface area (TPSA) is 51.4 Å². The summed E-state index contributed by atoms with van der Waals surface area (Å²) >= 11 is 1.70. The summed E-state index contributed by atoms with van der Waals surface area (Å²) < 4.78 is 11.7. The molecular weight excluding hydrogens is 346 g/mol. The van der Waals surface area contributed by atoms with Crippen LogP contribution >= 0.6 is 11.3 Å². The van der Waals surface area contributed by atoms with Gasteiger partial charge in [-0.15, -0.1) is 0 Å². The Hall–Kier alpha value is -2.02. The van der Waals surface area contributed by atoms with Crippen molar-refractivity contribution in [2.45, 2.75) is 39.0 Å². The van der Waals surface area contributed by atoms with Crippen LogP contribution in [0.15, 0.2) is 45.6 Å². The van der Waals surface area contributed by atoms with E-state index in [0.717, 1.165) is 24.2 Å². The third kappa shape index (κ3) is 3.45. The molecule has 0 amide bonds. The normalized spacial score (nSPS) is 22.4. The fraction of sp³-hybridized carbons (Fsp3) is 0.400. The molecule has 1 aliphatic heterocycles. The molecule has 1 aliphatic rings. The molecule has 0 aliphatic carbocycles. The minimum absolute atomic E-state index is 0.0488. The van der Waals surface area contributed by atoms with Crippen LogP contribution in [0.2, 0.25) is 0 Å². The summed E-state index contributed by atoms with van der Waals surface area (Å²) in [5, 5.41) is 8.47. The predicted octanol–water partition coefficient (Wildman–Crippen LogP) is 4.63. The first kappa shape index (κ1) is 17.4. The summed E-state index contributed by atoms with van der Waals surface area (Å²) in [7, 11) is 0. The molecule has 5 nitrogen and oxygen atoms in total. The third-order valence-electron chi connectivity index (χ3n) is 4.94. The van der Waals surface area contributed by atoms with Gasteiger partial charge in [0.15, 0.2) is 0 Å². The van der Waals surface area contributed by atoms with Gasteiger partial charge in [0.25, 0.3) is 0 Å². The van der Waals surface area contributed by atoms with Gasteiger partial charge in [-0.1, -0.05) is 29.4 Å². The van der Waals surface area contributed by atoms with Gasteiger partial charge >= 0.3 is 0 Å². The van der Waals surface area contributed by atoms with Gasteiger partial charge in [-0.05, 0) is 48.7 Å². The zero-order valence-electron chi connectivity index (χ0n) is 15.3. The predicted molar refractivity (Wildman–Crippen MR) is 102 cm³/mol. The van der Waals surface area contributed by atoms with E-state index in [1.54, 1.807) is 11.3 Å². The van der Waals surface area contributed by atoms with Crippen molar-refractivity contribution in [3.63, 3.8) is 0 Å². The lowest BCUT2D eigenvalue weighted by Crippen LogP contribution is -2.43. The van der Waals surface area contributed by atoms with Crippen molar-refractivity contribution >= 4 is 11.3 Å². The number of aryl methyl sites for hydroxylation is 1. The number of thiophene rings is 1. The van der Waals surface area contributed by atoms with E-state index in [-0.39, 0.29) is 18.2 Å². The minimum Gasteiger partial charge on any atom is -0.368 e. The van der Waals surface area contributed by atoms with E-state index in [2.05, 4.69) is 58.7 Å². The molecule has 1 fully saturated rings. The maximum Gasteiger partial charge on any atom is 0.244 e. The van der Waals surface area contributed by atoms with E-state index >= 15 is 0 Å². The van der Waals surface area contributed by atoms with Crippen LogP contribution in [0.5, 0.6) is 0 Å². The van der Waals surface area contributed by atoms with E-state index in [9.17, 15) is 0 Å². The van der Waals surface area contributed by atoms with Crippen molar-refractivity contribution in [2.75, 3.05) is 13.1 Å². The van der Waals surface area contributed by atoms with Gasteiger partial charge in [0.2, 0.25) is 11.7 Å². The Kier molecular flexibility index (Phi) is 4.89. The van der Waals surface area contributed by atoms with Crippen LogP contribution in [-0.4, -0.2) is 34.2 Å². The Bertz CT molecular complexity index is 862. The highest BCUT2D eigenvalue weighted by Crippen LogP contribution is 2.32. The Morgan fingerprint density at radius 2 is 2.08 bits per heavy atom. The van der Waals surface area contributed by atoms with Crippen LogP contribution in [0.4, 0.5) is 0 Å². The molecule has 2 aromatic heterocycles. The first-order valence-electron chi connectivity index (χ1n) is 8.93. The van der Waals surface area contributed by atoms with Crippen LogP contribution < -0.4 is 0 Å². The number of nitrogens with zero attached hydrogens (tertiary/aromatic N) is 3. The van der Waals surface area contributed by atoms with Crippen molar-refractivity contribution in [2.24, 2.45) is 0 Å². The van der Waals surface area contributed by atoms with Crippen molar-refractivity contribution in [3.8, 4) is 11.4 Å². The fourth-order valence-corrected chi connectivity index (χ4v) is 4.14. The summed E-state index contributed by atoms with van der Waals surface area (Å²) in [6.07, 6.45) is 0.251. The van der Waals surface area contributed by atoms with E-state index in [1.165, 1.54) is 5.56 Å². The first-order valence-corrected chi connectivity index (χ1v) is 9.87. The fourth-order valence-electron chi connectivity index (χ4n) is 3.44. The molecule has 4 rings (SSSR count). The number of morpholine rings is 1. The average molecular weight is 369 g/mol. The first-order chi connectivity index (χ1) is 12.6. The molecule has 0 bridgehead atoms. The van der Waals surface area contributed by atoms with Crippen LogP contribution in [0.3, 0.4) is 0 Å². The highest BCUT2D eigenvalue weighted by molar-refractivity contribution is 7.07. The second-order valence-corrected chi connectivity index (χ2v) is 7.67. The SMILES string of the molecule is Cc1ccccc1-c1noc([C@H](C)N2C[C@@H](c3ccsc3)O[C@@H](C)C2)n1. The van der Waals surface area contributed by atoms with Crippen LogP contribution in [-0.2, 0) is 4.74 Å². The highest BCUT2D eigenvalue weighted by atomic mass is 32.1. The summed E-state index contributed by atoms with van der Waals surface area (Å²) in [4.78, 5) is 7.04. The van der Waals surface area contributed by atoms with Gasteiger partial charge in [-0.25, -0.2) is 0 Å². The number of rotatable bonds is 4. The van der Waals surface area contributed by atoms with Gasteiger partial charge in [-0.2, -0.15) is 16.3 Å². The van der Waals surface area contributed by atoms with Crippen molar-refractivity contribution in [1.29, 1.82) is 0 Å². The molecule has 0 spiro atoms. The molecule has 0 unspecified atom stereocenters. The van der Waals surface area contributed by atoms with Gasteiger partial charge in [0.1, 0.15) is 0 Å². The highest BCUT2D eigenvalue weighted by Gasteiger charge is 2.32. The van der Waals surface area contributed by atoms with Crippen molar-refractivity contribution in [1.82, 2.24) is 15.0 Å². The average Bonchev–Trinajstić information content (AvgIpc) is 3.33.